The minimum Gasteiger partial charge on any atom is -0.479 e. The number of nitrogens with zero attached hydrogens (tertiary/aromatic N) is 1. The lowest BCUT2D eigenvalue weighted by Gasteiger charge is -2.02. The van der Waals surface area contributed by atoms with E-state index in [0.29, 0.717) is 6.29 Å². The molecule has 0 aliphatic heterocycles. The van der Waals surface area contributed by atoms with E-state index >= 15 is 0 Å². The molecule has 1 aromatic rings. The van der Waals surface area contributed by atoms with Crippen molar-refractivity contribution in [1.29, 1.82) is 0 Å². The van der Waals surface area contributed by atoms with Gasteiger partial charge in [-0.15, -0.1) is 0 Å². The number of halogens is 2. The Morgan fingerprint density at radius 1 is 1.75 bits per heavy atom. The van der Waals surface area contributed by atoms with Crippen molar-refractivity contribution in [2.45, 2.75) is 0 Å². The van der Waals surface area contributed by atoms with Crippen molar-refractivity contribution >= 4 is 17.9 Å². The van der Waals surface area contributed by atoms with Crippen LogP contribution in [0.25, 0.3) is 0 Å². The van der Waals surface area contributed by atoms with Crippen LogP contribution in [-0.2, 0) is 0 Å². The van der Waals surface area contributed by atoms with E-state index in [1.807, 2.05) is 0 Å². The van der Waals surface area contributed by atoms with Crippen molar-refractivity contribution in [3.8, 4) is 5.88 Å². The van der Waals surface area contributed by atoms with Gasteiger partial charge in [-0.2, -0.15) is 0 Å². The first-order chi connectivity index (χ1) is 5.70. The second-order valence-corrected chi connectivity index (χ2v) is 2.37. The third-order valence-electron chi connectivity index (χ3n) is 1.29. The molecular weight excluding hydrogens is 185 g/mol. The van der Waals surface area contributed by atoms with E-state index in [4.69, 9.17) is 11.6 Å². The van der Waals surface area contributed by atoms with Gasteiger partial charge < -0.3 is 4.74 Å². The van der Waals surface area contributed by atoms with E-state index < -0.39 is 5.82 Å². The second-order valence-electron chi connectivity index (χ2n) is 1.96. The van der Waals surface area contributed by atoms with Crippen LogP contribution in [0.3, 0.4) is 0 Å². The van der Waals surface area contributed by atoms with Crippen LogP contribution >= 0.6 is 11.6 Å². The third kappa shape index (κ3) is 1.38. The molecule has 0 saturated carbocycles. The molecule has 0 aliphatic rings. The average molecular weight is 190 g/mol. The molecule has 1 rings (SSSR count). The van der Waals surface area contributed by atoms with Crippen LogP contribution in [0.4, 0.5) is 4.39 Å². The number of ether oxygens (including phenoxy) is 1. The first-order valence-electron chi connectivity index (χ1n) is 3.04. The van der Waals surface area contributed by atoms with Gasteiger partial charge in [-0.1, -0.05) is 11.6 Å². The summed E-state index contributed by atoms with van der Waals surface area (Å²) < 4.78 is 17.6. The normalized spacial score (nSPS) is 9.58. The Balaban J connectivity index is 3.33. The summed E-state index contributed by atoms with van der Waals surface area (Å²) in [5.74, 6) is -1.07. The summed E-state index contributed by atoms with van der Waals surface area (Å²) >= 11 is 5.47. The highest BCUT2D eigenvalue weighted by Crippen LogP contribution is 2.22. The maximum absolute atomic E-state index is 13.0. The molecule has 1 heterocycles. The molecule has 0 radical (unpaired) electrons. The highest BCUT2D eigenvalue weighted by atomic mass is 35.5. The zero-order chi connectivity index (χ0) is 9.14. The smallest absolute Gasteiger partial charge is 0.250 e. The molecule has 1 aromatic heterocycles. The molecule has 0 saturated heterocycles. The van der Waals surface area contributed by atoms with Crippen LogP contribution in [-0.4, -0.2) is 18.4 Å². The molecule has 0 aliphatic carbocycles. The summed E-state index contributed by atoms with van der Waals surface area (Å²) in [5.41, 5.74) is -0.233. The second kappa shape index (κ2) is 3.49. The van der Waals surface area contributed by atoms with Gasteiger partial charge in [0.15, 0.2) is 12.1 Å². The molecule has 0 aromatic carbocycles. The van der Waals surface area contributed by atoms with Crippen molar-refractivity contribution in [1.82, 2.24) is 4.98 Å². The topological polar surface area (TPSA) is 39.2 Å². The number of carbonyl (C=O) groups is 1. The third-order valence-corrected chi connectivity index (χ3v) is 1.59. The number of aldehydes is 1. The van der Waals surface area contributed by atoms with Crippen LogP contribution in [0.2, 0.25) is 5.02 Å². The largest absolute Gasteiger partial charge is 0.479 e. The Morgan fingerprint density at radius 3 is 2.92 bits per heavy atom. The van der Waals surface area contributed by atoms with Gasteiger partial charge in [0, 0.05) is 0 Å². The van der Waals surface area contributed by atoms with Gasteiger partial charge in [0.2, 0.25) is 0 Å². The van der Waals surface area contributed by atoms with Gasteiger partial charge in [0.25, 0.3) is 5.88 Å². The maximum Gasteiger partial charge on any atom is 0.250 e. The molecule has 0 unspecified atom stereocenters. The minimum atomic E-state index is -0.833. The van der Waals surface area contributed by atoms with Gasteiger partial charge in [0.1, 0.15) is 0 Å². The fourth-order valence-corrected chi connectivity index (χ4v) is 0.888. The molecule has 0 fully saturated rings. The summed E-state index contributed by atoms with van der Waals surface area (Å²) in [6.07, 6.45) is 1.48. The fourth-order valence-electron chi connectivity index (χ4n) is 0.712. The molecule has 64 valence electrons. The van der Waals surface area contributed by atoms with E-state index in [2.05, 4.69) is 9.72 Å². The average Bonchev–Trinajstić information content (AvgIpc) is 2.06. The number of hydrogen-bond acceptors (Lipinski definition) is 3. The monoisotopic (exact) mass is 189 g/mol. The molecule has 5 heteroatoms. The van der Waals surface area contributed by atoms with Crippen LogP contribution in [0.15, 0.2) is 6.20 Å². The lowest BCUT2D eigenvalue weighted by Crippen LogP contribution is -1.97. The molecule has 12 heavy (non-hydrogen) atoms. The van der Waals surface area contributed by atoms with Crippen molar-refractivity contribution in [2.24, 2.45) is 0 Å². The predicted molar refractivity (Wildman–Crippen MR) is 41.1 cm³/mol. The van der Waals surface area contributed by atoms with Crippen molar-refractivity contribution < 1.29 is 13.9 Å². The molecule has 0 spiro atoms. The first-order valence-corrected chi connectivity index (χ1v) is 3.41. The lowest BCUT2D eigenvalue weighted by atomic mass is 10.3. The molecule has 0 atom stereocenters. The van der Waals surface area contributed by atoms with E-state index in [1.54, 1.807) is 0 Å². The van der Waals surface area contributed by atoms with E-state index in [-0.39, 0.29) is 16.5 Å². The summed E-state index contributed by atoms with van der Waals surface area (Å²) in [5, 5.41) is -0.0247. The number of methoxy groups -OCH3 is 1. The molecular formula is C7H5ClFNO2. The summed E-state index contributed by atoms with van der Waals surface area (Å²) in [7, 11) is 1.26. The first kappa shape index (κ1) is 8.93. The number of aromatic nitrogens is 1. The zero-order valence-corrected chi connectivity index (χ0v) is 6.93. The molecule has 0 N–H and O–H groups in total. The predicted octanol–water partition coefficient (Wildman–Crippen LogP) is 1.70. The molecule has 0 amide bonds. The fraction of sp³-hybridized carbons (Fsp3) is 0.143. The van der Waals surface area contributed by atoms with Crippen LogP contribution in [0, 0.1) is 5.82 Å². The van der Waals surface area contributed by atoms with E-state index in [0.717, 1.165) is 6.20 Å². The minimum absolute atomic E-state index is 0.0247. The summed E-state index contributed by atoms with van der Waals surface area (Å²) in [4.78, 5) is 13.8. The van der Waals surface area contributed by atoms with Gasteiger partial charge >= 0.3 is 0 Å². The van der Waals surface area contributed by atoms with Crippen LogP contribution < -0.4 is 4.74 Å². The number of rotatable bonds is 2. The van der Waals surface area contributed by atoms with Gasteiger partial charge in [-0.05, 0) is 0 Å². The Labute approximate surface area is 73.1 Å². The van der Waals surface area contributed by atoms with E-state index in [9.17, 15) is 9.18 Å². The van der Waals surface area contributed by atoms with Gasteiger partial charge in [-0.3, -0.25) is 4.79 Å². The maximum atomic E-state index is 13.0. The highest BCUT2D eigenvalue weighted by Gasteiger charge is 2.12. The molecule has 3 nitrogen and oxygen atoms in total. The standard InChI is InChI=1S/C7H5ClFNO2/c1-12-7-6(9)4(3-11)5(8)2-10-7/h2-3H,1H3. The quantitative estimate of drug-likeness (QED) is 0.665. The zero-order valence-electron chi connectivity index (χ0n) is 6.17. The summed E-state index contributed by atoms with van der Waals surface area (Å²) in [6, 6.07) is 0. The van der Waals surface area contributed by atoms with Gasteiger partial charge in [0.05, 0.1) is 23.9 Å². The van der Waals surface area contributed by atoms with Crippen LogP contribution in [0.5, 0.6) is 5.88 Å². The van der Waals surface area contributed by atoms with Crippen molar-refractivity contribution in [2.75, 3.05) is 7.11 Å². The number of carbonyl (C=O) groups excluding carboxylic acids is 1. The van der Waals surface area contributed by atoms with E-state index in [1.165, 1.54) is 7.11 Å². The molecule has 0 bridgehead atoms. The Hall–Kier alpha value is -1.16. The Kier molecular flexibility index (Phi) is 2.60. The summed E-state index contributed by atoms with van der Waals surface area (Å²) in [6.45, 7) is 0. The Morgan fingerprint density at radius 2 is 2.42 bits per heavy atom. The van der Waals surface area contributed by atoms with Crippen LogP contribution in [0.1, 0.15) is 10.4 Å². The SMILES string of the molecule is COc1ncc(Cl)c(C=O)c1F. The lowest BCUT2D eigenvalue weighted by molar-refractivity contribution is 0.111. The van der Waals surface area contributed by atoms with Crippen molar-refractivity contribution in [3.05, 3.63) is 22.6 Å². The number of hydrogen-bond donors (Lipinski definition) is 0. The Bertz CT molecular complexity index is 317. The van der Waals surface area contributed by atoms with Gasteiger partial charge in [-0.25, -0.2) is 9.37 Å². The van der Waals surface area contributed by atoms with Crippen molar-refractivity contribution in [3.63, 3.8) is 0 Å². The highest BCUT2D eigenvalue weighted by molar-refractivity contribution is 6.32. The number of pyridine rings is 1.